The first-order chi connectivity index (χ1) is 9.54. The van der Waals surface area contributed by atoms with E-state index in [0.717, 1.165) is 4.88 Å². The molecular weight excluding hydrogens is 316 g/mol. The molecule has 2 heterocycles. The Hall–Kier alpha value is -1.21. The molecule has 4 nitrogen and oxygen atoms in total. The molecule has 2 aromatic heterocycles. The zero-order valence-electron chi connectivity index (χ0n) is 10.6. The summed E-state index contributed by atoms with van der Waals surface area (Å²) in [5.41, 5.74) is 0. The van der Waals surface area contributed by atoms with Gasteiger partial charge in [-0.3, -0.25) is 0 Å². The molecule has 106 valence electrons. The van der Waals surface area contributed by atoms with Gasteiger partial charge in [0, 0.05) is 24.2 Å². The van der Waals surface area contributed by atoms with Crippen LogP contribution in [0.4, 0.5) is 0 Å². The molecule has 2 rings (SSSR count). The Morgan fingerprint density at radius 2 is 2.20 bits per heavy atom. The SMILES string of the molecule is C=CCN(Cc1cccs1)S(=O)(=O)c1ccc(Cl)nc1. The summed E-state index contributed by atoms with van der Waals surface area (Å²) >= 11 is 7.20. The second-order valence-corrected chi connectivity index (χ2v) is 7.34. The highest BCUT2D eigenvalue weighted by Crippen LogP contribution is 2.20. The number of nitrogens with zero attached hydrogens (tertiary/aromatic N) is 2. The van der Waals surface area contributed by atoms with E-state index < -0.39 is 10.0 Å². The summed E-state index contributed by atoms with van der Waals surface area (Å²) < 4.78 is 26.5. The molecule has 0 aromatic carbocycles. The first-order valence-corrected chi connectivity index (χ1v) is 8.49. The minimum absolute atomic E-state index is 0.125. The highest BCUT2D eigenvalue weighted by Gasteiger charge is 2.24. The van der Waals surface area contributed by atoms with Gasteiger partial charge in [-0.15, -0.1) is 17.9 Å². The minimum atomic E-state index is -3.61. The highest BCUT2D eigenvalue weighted by molar-refractivity contribution is 7.89. The zero-order chi connectivity index (χ0) is 14.6. The van der Waals surface area contributed by atoms with Crippen molar-refractivity contribution in [2.75, 3.05) is 6.54 Å². The van der Waals surface area contributed by atoms with Crippen molar-refractivity contribution in [2.24, 2.45) is 0 Å². The van der Waals surface area contributed by atoms with Gasteiger partial charge in [-0.05, 0) is 23.6 Å². The van der Waals surface area contributed by atoms with Crippen LogP contribution < -0.4 is 0 Å². The van der Waals surface area contributed by atoms with E-state index in [1.54, 1.807) is 6.08 Å². The van der Waals surface area contributed by atoms with Crippen molar-refractivity contribution in [3.63, 3.8) is 0 Å². The van der Waals surface area contributed by atoms with E-state index in [1.807, 2.05) is 17.5 Å². The molecule has 0 radical (unpaired) electrons. The van der Waals surface area contributed by atoms with Gasteiger partial charge in [-0.2, -0.15) is 4.31 Å². The Bertz CT molecular complexity index is 667. The maximum Gasteiger partial charge on any atom is 0.245 e. The number of sulfonamides is 1. The average Bonchev–Trinajstić information content (AvgIpc) is 2.92. The second kappa shape index (κ2) is 6.49. The van der Waals surface area contributed by atoms with E-state index in [-0.39, 0.29) is 16.6 Å². The first kappa shape index (κ1) is 15.2. The van der Waals surface area contributed by atoms with Gasteiger partial charge in [0.15, 0.2) is 0 Å². The molecule has 0 saturated carbocycles. The van der Waals surface area contributed by atoms with Gasteiger partial charge in [0.25, 0.3) is 0 Å². The number of halogens is 1. The Morgan fingerprint density at radius 3 is 2.75 bits per heavy atom. The number of hydrogen-bond donors (Lipinski definition) is 0. The van der Waals surface area contributed by atoms with Crippen LogP contribution in [0.15, 0.2) is 53.4 Å². The van der Waals surface area contributed by atoms with Crippen LogP contribution in [0.1, 0.15) is 4.88 Å². The molecule has 2 aromatic rings. The fourth-order valence-corrected chi connectivity index (χ4v) is 3.88. The molecule has 0 spiro atoms. The summed E-state index contributed by atoms with van der Waals surface area (Å²) in [6, 6.07) is 6.71. The number of pyridine rings is 1. The van der Waals surface area contributed by atoms with Crippen molar-refractivity contribution in [2.45, 2.75) is 11.4 Å². The Kier molecular flexibility index (Phi) is 4.93. The largest absolute Gasteiger partial charge is 0.245 e. The van der Waals surface area contributed by atoms with Gasteiger partial charge in [0.1, 0.15) is 10.0 Å². The van der Waals surface area contributed by atoms with E-state index in [9.17, 15) is 8.42 Å². The first-order valence-electron chi connectivity index (χ1n) is 5.79. The second-order valence-electron chi connectivity index (χ2n) is 3.98. The van der Waals surface area contributed by atoms with Crippen molar-refractivity contribution in [3.8, 4) is 0 Å². The zero-order valence-corrected chi connectivity index (χ0v) is 13.0. The molecule has 0 aliphatic carbocycles. The summed E-state index contributed by atoms with van der Waals surface area (Å²) in [7, 11) is -3.61. The van der Waals surface area contributed by atoms with Crippen LogP contribution in [0.25, 0.3) is 0 Å². The quantitative estimate of drug-likeness (QED) is 0.604. The van der Waals surface area contributed by atoms with Crippen molar-refractivity contribution in [1.82, 2.24) is 9.29 Å². The smallest absolute Gasteiger partial charge is 0.243 e. The van der Waals surface area contributed by atoms with Crippen molar-refractivity contribution < 1.29 is 8.42 Å². The Labute approximate surface area is 127 Å². The van der Waals surface area contributed by atoms with Crippen molar-refractivity contribution >= 4 is 33.0 Å². The molecule has 0 saturated heterocycles. The fraction of sp³-hybridized carbons (Fsp3) is 0.154. The predicted octanol–water partition coefficient (Wildman–Crippen LogP) is 3.17. The number of aromatic nitrogens is 1. The summed E-state index contributed by atoms with van der Waals surface area (Å²) in [6.45, 7) is 4.16. The van der Waals surface area contributed by atoms with E-state index >= 15 is 0 Å². The molecule has 0 aliphatic rings. The molecule has 0 amide bonds. The number of hydrogen-bond acceptors (Lipinski definition) is 4. The van der Waals surface area contributed by atoms with Crippen LogP contribution in [0, 0.1) is 0 Å². The maximum absolute atomic E-state index is 12.6. The molecule has 20 heavy (non-hydrogen) atoms. The molecule has 0 aliphatic heterocycles. The van der Waals surface area contributed by atoms with Gasteiger partial charge >= 0.3 is 0 Å². The van der Waals surface area contributed by atoms with Gasteiger partial charge in [0.05, 0.1) is 0 Å². The summed E-state index contributed by atoms with van der Waals surface area (Å²) in [5.74, 6) is 0. The monoisotopic (exact) mass is 328 g/mol. The lowest BCUT2D eigenvalue weighted by Gasteiger charge is -2.19. The van der Waals surface area contributed by atoms with Gasteiger partial charge in [0.2, 0.25) is 10.0 Å². The van der Waals surface area contributed by atoms with E-state index in [1.165, 1.54) is 34.0 Å². The molecule has 0 unspecified atom stereocenters. The lowest BCUT2D eigenvalue weighted by Crippen LogP contribution is -2.30. The predicted molar refractivity (Wildman–Crippen MR) is 81.4 cm³/mol. The van der Waals surface area contributed by atoms with E-state index in [2.05, 4.69) is 11.6 Å². The lowest BCUT2D eigenvalue weighted by atomic mass is 10.4. The number of thiophene rings is 1. The topological polar surface area (TPSA) is 50.3 Å². The maximum atomic E-state index is 12.6. The van der Waals surface area contributed by atoms with Crippen LogP contribution in [0.5, 0.6) is 0 Å². The van der Waals surface area contributed by atoms with Crippen molar-refractivity contribution in [1.29, 1.82) is 0 Å². The third-order valence-electron chi connectivity index (χ3n) is 2.58. The van der Waals surface area contributed by atoms with Gasteiger partial charge in [-0.1, -0.05) is 23.7 Å². The molecule has 0 fully saturated rings. The van der Waals surface area contributed by atoms with Crippen LogP contribution in [-0.2, 0) is 16.6 Å². The standard InChI is InChI=1S/C13H13ClN2O2S2/c1-2-7-16(10-11-4-3-8-19-11)20(17,18)12-5-6-13(14)15-9-12/h2-6,8-9H,1,7,10H2. The minimum Gasteiger partial charge on any atom is -0.243 e. The summed E-state index contributed by atoms with van der Waals surface area (Å²) in [5, 5.41) is 2.18. The van der Waals surface area contributed by atoms with Crippen LogP contribution in [-0.4, -0.2) is 24.3 Å². The molecule has 0 atom stereocenters. The number of rotatable bonds is 6. The van der Waals surface area contributed by atoms with Gasteiger partial charge < -0.3 is 0 Å². The third kappa shape index (κ3) is 3.46. The molecule has 0 bridgehead atoms. The molecular formula is C13H13ClN2O2S2. The van der Waals surface area contributed by atoms with Crippen LogP contribution in [0.2, 0.25) is 5.15 Å². The fourth-order valence-electron chi connectivity index (χ4n) is 1.63. The summed E-state index contributed by atoms with van der Waals surface area (Å²) in [6.07, 6.45) is 2.83. The van der Waals surface area contributed by atoms with E-state index in [0.29, 0.717) is 6.54 Å². The van der Waals surface area contributed by atoms with Crippen LogP contribution >= 0.6 is 22.9 Å². The molecule has 0 N–H and O–H groups in total. The Balaban J connectivity index is 2.31. The van der Waals surface area contributed by atoms with Crippen molar-refractivity contribution in [3.05, 3.63) is 58.5 Å². The Morgan fingerprint density at radius 1 is 1.40 bits per heavy atom. The third-order valence-corrected chi connectivity index (χ3v) is 5.46. The average molecular weight is 329 g/mol. The van der Waals surface area contributed by atoms with Crippen LogP contribution in [0.3, 0.4) is 0 Å². The summed E-state index contributed by atoms with van der Waals surface area (Å²) in [4.78, 5) is 4.92. The highest BCUT2D eigenvalue weighted by atomic mass is 35.5. The normalized spacial score (nSPS) is 11.7. The molecule has 7 heteroatoms. The van der Waals surface area contributed by atoms with E-state index in [4.69, 9.17) is 11.6 Å². The lowest BCUT2D eigenvalue weighted by molar-refractivity contribution is 0.441. The van der Waals surface area contributed by atoms with Gasteiger partial charge in [-0.25, -0.2) is 13.4 Å².